The highest BCUT2D eigenvalue weighted by atomic mass is 19.1. The van der Waals surface area contributed by atoms with Crippen LogP contribution in [0.1, 0.15) is 30.8 Å². The van der Waals surface area contributed by atoms with Crippen molar-refractivity contribution in [1.29, 1.82) is 0 Å². The van der Waals surface area contributed by atoms with E-state index in [0.717, 1.165) is 12.0 Å². The summed E-state index contributed by atoms with van der Waals surface area (Å²) in [7, 11) is 0. The lowest BCUT2D eigenvalue weighted by atomic mass is 10.0. The minimum Gasteiger partial charge on any atom is -0.326 e. The van der Waals surface area contributed by atoms with E-state index in [1.54, 1.807) is 6.92 Å². The summed E-state index contributed by atoms with van der Waals surface area (Å²) in [6, 6.07) is 12.4. The van der Waals surface area contributed by atoms with Crippen LogP contribution in [-0.2, 0) is 17.6 Å². The maximum atomic E-state index is 14.1. The molecule has 1 aromatic heterocycles. The van der Waals surface area contributed by atoms with Crippen molar-refractivity contribution in [2.24, 2.45) is 5.92 Å². The number of benzene rings is 2. The predicted molar refractivity (Wildman–Crippen MR) is 101 cm³/mol. The second-order valence-electron chi connectivity index (χ2n) is 6.94. The van der Waals surface area contributed by atoms with Crippen molar-refractivity contribution in [3.63, 3.8) is 0 Å². The smallest absolute Gasteiger partial charge is 0.228 e. The normalized spacial score (nSPS) is 11.0. The van der Waals surface area contributed by atoms with Gasteiger partial charge in [-0.25, -0.2) is 4.39 Å². The Morgan fingerprint density at radius 2 is 1.85 bits per heavy atom. The van der Waals surface area contributed by atoms with Crippen molar-refractivity contribution in [1.82, 2.24) is 20.2 Å². The van der Waals surface area contributed by atoms with E-state index in [1.165, 1.54) is 28.4 Å². The van der Waals surface area contributed by atoms with Crippen LogP contribution < -0.4 is 5.32 Å². The monoisotopic (exact) mass is 367 g/mol. The van der Waals surface area contributed by atoms with E-state index in [2.05, 4.69) is 46.8 Å². The Balaban J connectivity index is 1.68. The molecule has 3 rings (SSSR count). The first-order chi connectivity index (χ1) is 12.9. The van der Waals surface area contributed by atoms with Gasteiger partial charge in [0, 0.05) is 5.69 Å². The zero-order chi connectivity index (χ0) is 19.4. The number of aryl methyl sites for hydroxylation is 1. The van der Waals surface area contributed by atoms with Crippen LogP contribution in [0, 0.1) is 18.7 Å². The van der Waals surface area contributed by atoms with Crippen LogP contribution in [0.4, 0.5) is 10.1 Å². The molecule has 0 atom stereocenters. The number of anilines is 1. The molecule has 3 aromatic rings. The average Bonchev–Trinajstić information content (AvgIpc) is 3.04. The zero-order valence-electron chi connectivity index (χ0n) is 15.6. The molecular weight excluding hydrogens is 345 g/mol. The lowest BCUT2D eigenvalue weighted by Gasteiger charge is -2.10. The molecule has 0 spiro atoms. The maximum Gasteiger partial charge on any atom is 0.228 e. The Kier molecular flexibility index (Phi) is 5.59. The summed E-state index contributed by atoms with van der Waals surface area (Å²) in [4.78, 5) is 12.3. The molecule has 2 aromatic carbocycles. The first-order valence-corrected chi connectivity index (χ1v) is 8.85. The van der Waals surface area contributed by atoms with Crippen LogP contribution in [0.15, 0.2) is 42.5 Å². The highest BCUT2D eigenvalue weighted by molar-refractivity contribution is 5.92. The van der Waals surface area contributed by atoms with Crippen LogP contribution in [-0.4, -0.2) is 26.1 Å². The van der Waals surface area contributed by atoms with Gasteiger partial charge >= 0.3 is 0 Å². The van der Waals surface area contributed by atoms with Crippen molar-refractivity contribution in [3.8, 4) is 5.69 Å². The van der Waals surface area contributed by atoms with E-state index in [1.807, 2.05) is 12.1 Å². The molecule has 0 aliphatic heterocycles. The first-order valence-electron chi connectivity index (χ1n) is 8.85. The number of hydrogen-bond donors (Lipinski definition) is 1. The molecule has 1 N–H and O–H groups in total. The SMILES string of the molecule is Cc1nnnn1-c1cc(NC(=O)Cc2ccc(CC(C)C)cc2)ccc1F. The van der Waals surface area contributed by atoms with Crippen molar-refractivity contribution >= 4 is 11.6 Å². The van der Waals surface area contributed by atoms with E-state index >= 15 is 0 Å². The summed E-state index contributed by atoms with van der Waals surface area (Å²) in [5.41, 5.74) is 2.86. The number of hydrogen-bond acceptors (Lipinski definition) is 4. The van der Waals surface area contributed by atoms with Gasteiger partial charge in [0.1, 0.15) is 11.5 Å². The summed E-state index contributed by atoms with van der Waals surface area (Å²) in [5.74, 6) is 0.413. The largest absolute Gasteiger partial charge is 0.326 e. The number of carbonyl (C=O) groups is 1. The average molecular weight is 367 g/mol. The minimum atomic E-state index is -0.468. The first kappa shape index (κ1) is 18.7. The van der Waals surface area contributed by atoms with Crippen molar-refractivity contribution < 1.29 is 9.18 Å². The van der Waals surface area contributed by atoms with Crippen molar-refractivity contribution in [2.75, 3.05) is 5.32 Å². The summed E-state index contributed by atoms with van der Waals surface area (Å²) in [5, 5.41) is 13.8. The lowest BCUT2D eigenvalue weighted by Crippen LogP contribution is -2.15. The number of aromatic nitrogens is 4. The molecule has 1 amide bonds. The Morgan fingerprint density at radius 3 is 2.48 bits per heavy atom. The van der Waals surface area contributed by atoms with Gasteiger partial charge in [0.25, 0.3) is 0 Å². The third-order valence-corrected chi connectivity index (χ3v) is 4.12. The molecule has 0 aliphatic rings. The molecule has 0 bridgehead atoms. The molecule has 1 heterocycles. The van der Waals surface area contributed by atoms with Crippen LogP contribution in [0.2, 0.25) is 0 Å². The number of nitrogens with zero attached hydrogens (tertiary/aromatic N) is 4. The summed E-state index contributed by atoms with van der Waals surface area (Å²) >= 11 is 0. The van der Waals surface area contributed by atoms with Crippen LogP contribution in [0.25, 0.3) is 5.69 Å². The topological polar surface area (TPSA) is 72.7 Å². The van der Waals surface area contributed by atoms with Crippen LogP contribution in [0.3, 0.4) is 0 Å². The summed E-state index contributed by atoms with van der Waals surface area (Å²) < 4.78 is 15.4. The molecule has 7 heteroatoms. The van der Waals surface area contributed by atoms with Gasteiger partial charge in [-0.05, 0) is 59.0 Å². The molecule has 140 valence electrons. The third-order valence-electron chi connectivity index (χ3n) is 4.12. The fraction of sp³-hybridized carbons (Fsp3) is 0.300. The fourth-order valence-electron chi connectivity index (χ4n) is 2.86. The Labute approximate surface area is 157 Å². The van der Waals surface area contributed by atoms with Gasteiger partial charge in [-0.1, -0.05) is 38.1 Å². The fourth-order valence-corrected chi connectivity index (χ4v) is 2.86. The van der Waals surface area contributed by atoms with Crippen LogP contribution in [0.5, 0.6) is 0 Å². The molecule has 0 fully saturated rings. The van der Waals surface area contributed by atoms with Gasteiger partial charge in [-0.2, -0.15) is 4.68 Å². The molecule has 0 unspecified atom stereocenters. The number of amides is 1. The van der Waals surface area contributed by atoms with E-state index in [4.69, 9.17) is 0 Å². The van der Waals surface area contributed by atoms with Gasteiger partial charge in [0.2, 0.25) is 5.91 Å². The van der Waals surface area contributed by atoms with E-state index < -0.39 is 5.82 Å². The van der Waals surface area contributed by atoms with Crippen molar-refractivity contribution in [3.05, 3.63) is 65.2 Å². The Bertz CT molecular complexity index is 934. The molecule has 0 saturated heterocycles. The molecular formula is C20H22FN5O. The Hall–Kier alpha value is -3.09. The van der Waals surface area contributed by atoms with Gasteiger partial charge < -0.3 is 5.32 Å². The van der Waals surface area contributed by atoms with Crippen molar-refractivity contribution in [2.45, 2.75) is 33.6 Å². The standard InChI is InChI=1S/C20H22FN5O/c1-13(2)10-15-4-6-16(7-5-15)11-20(27)22-17-8-9-18(21)19(12-17)26-14(3)23-24-25-26/h4-9,12-13H,10-11H2,1-3H3,(H,22,27). The van der Waals surface area contributed by atoms with Gasteiger partial charge in [0.05, 0.1) is 6.42 Å². The second kappa shape index (κ2) is 8.07. The van der Waals surface area contributed by atoms with Crippen LogP contribution >= 0.6 is 0 Å². The quantitative estimate of drug-likeness (QED) is 0.724. The predicted octanol–water partition coefficient (Wildman–Crippen LogP) is 3.49. The second-order valence-corrected chi connectivity index (χ2v) is 6.94. The molecule has 27 heavy (non-hydrogen) atoms. The maximum absolute atomic E-state index is 14.1. The highest BCUT2D eigenvalue weighted by Gasteiger charge is 2.12. The van der Waals surface area contributed by atoms with Gasteiger partial charge in [-0.3, -0.25) is 4.79 Å². The lowest BCUT2D eigenvalue weighted by molar-refractivity contribution is -0.115. The molecule has 0 aliphatic carbocycles. The minimum absolute atomic E-state index is 0.169. The molecule has 6 nitrogen and oxygen atoms in total. The highest BCUT2D eigenvalue weighted by Crippen LogP contribution is 2.19. The number of nitrogens with one attached hydrogen (secondary N) is 1. The Morgan fingerprint density at radius 1 is 1.15 bits per heavy atom. The number of carbonyl (C=O) groups excluding carboxylic acids is 1. The van der Waals surface area contributed by atoms with E-state index in [9.17, 15) is 9.18 Å². The van der Waals surface area contributed by atoms with Gasteiger partial charge in [0.15, 0.2) is 5.82 Å². The number of halogens is 1. The third kappa shape index (κ3) is 4.75. The van der Waals surface area contributed by atoms with E-state index in [0.29, 0.717) is 17.4 Å². The number of rotatable bonds is 6. The summed E-state index contributed by atoms with van der Waals surface area (Å²) in [6.07, 6.45) is 1.26. The molecule has 0 saturated carbocycles. The number of tetrazole rings is 1. The van der Waals surface area contributed by atoms with Gasteiger partial charge in [-0.15, -0.1) is 5.10 Å². The summed E-state index contributed by atoms with van der Waals surface area (Å²) in [6.45, 7) is 6.03. The zero-order valence-corrected chi connectivity index (χ0v) is 15.6. The molecule has 0 radical (unpaired) electrons. The van der Waals surface area contributed by atoms with E-state index in [-0.39, 0.29) is 18.0 Å².